The molecule has 16 heavy (non-hydrogen) atoms. The van der Waals surface area contributed by atoms with Gasteiger partial charge < -0.3 is 10.2 Å². The number of hydrogen-bond acceptors (Lipinski definition) is 2. The van der Waals surface area contributed by atoms with E-state index in [1.54, 1.807) is 6.07 Å². The van der Waals surface area contributed by atoms with Crippen LogP contribution in [0.25, 0.3) is 11.0 Å². The van der Waals surface area contributed by atoms with E-state index < -0.39 is 0 Å². The Morgan fingerprint density at radius 2 is 2.06 bits per heavy atom. The Morgan fingerprint density at radius 1 is 1.31 bits per heavy atom. The molecule has 0 radical (unpaired) electrons. The minimum absolute atomic E-state index is 0.115. The third kappa shape index (κ3) is 2.25. The molecule has 0 aliphatic heterocycles. The molecule has 0 spiro atoms. The number of furan rings is 1. The van der Waals surface area contributed by atoms with Gasteiger partial charge in [0, 0.05) is 11.5 Å². The summed E-state index contributed by atoms with van der Waals surface area (Å²) in [4.78, 5) is 0. The summed E-state index contributed by atoms with van der Waals surface area (Å²) in [5.41, 5.74) is 6.57. The first-order valence-corrected chi connectivity index (χ1v) is 5.51. The molecule has 1 heterocycles. The van der Waals surface area contributed by atoms with Gasteiger partial charge in [-0.25, -0.2) is 4.39 Å². The average Bonchev–Trinajstić information content (AvgIpc) is 2.59. The van der Waals surface area contributed by atoms with Gasteiger partial charge in [0.15, 0.2) is 0 Å². The van der Waals surface area contributed by atoms with Crippen molar-refractivity contribution in [1.29, 1.82) is 0 Å². The molecule has 2 aromatic rings. The van der Waals surface area contributed by atoms with Crippen molar-refractivity contribution in [2.75, 3.05) is 0 Å². The van der Waals surface area contributed by atoms with Crippen LogP contribution < -0.4 is 5.73 Å². The Labute approximate surface area is 94.2 Å². The second kappa shape index (κ2) is 4.26. The predicted molar refractivity (Wildman–Crippen MR) is 62.6 cm³/mol. The molecule has 0 unspecified atom stereocenters. The molecule has 2 nitrogen and oxygen atoms in total. The van der Waals surface area contributed by atoms with Crippen LogP contribution in [0.3, 0.4) is 0 Å². The Bertz CT molecular complexity index is 490. The van der Waals surface area contributed by atoms with E-state index in [1.807, 2.05) is 6.07 Å². The second-order valence-corrected chi connectivity index (χ2v) is 4.57. The van der Waals surface area contributed by atoms with Gasteiger partial charge >= 0.3 is 0 Å². The monoisotopic (exact) mass is 221 g/mol. The fourth-order valence-electron chi connectivity index (χ4n) is 1.83. The van der Waals surface area contributed by atoms with Crippen molar-refractivity contribution in [2.24, 2.45) is 11.7 Å². The minimum atomic E-state index is -0.286. The zero-order chi connectivity index (χ0) is 11.7. The molecule has 0 fully saturated rings. The van der Waals surface area contributed by atoms with Gasteiger partial charge in [0.25, 0.3) is 0 Å². The van der Waals surface area contributed by atoms with Gasteiger partial charge in [-0.3, -0.25) is 0 Å². The van der Waals surface area contributed by atoms with Gasteiger partial charge in [-0.2, -0.15) is 0 Å². The van der Waals surface area contributed by atoms with Crippen molar-refractivity contribution in [3.63, 3.8) is 0 Å². The first-order valence-electron chi connectivity index (χ1n) is 5.51. The molecule has 0 aliphatic carbocycles. The summed E-state index contributed by atoms with van der Waals surface area (Å²) in [6, 6.07) is 6.30. The van der Waals surface area contributed by atoms with Crippen molar-refractivity contribution in [2.45, 2.75) is 26.3 Å². The Morgan fingerprint density at radius 3 is 2.75 bits per heavy atom. The number of halogens is 1. The molecule has 2 N–H and O–H groups in total. The van der Waals surface area contributed by atoms with Crippen LogP contribution in [0, 0.1) is 11.7 Å². The summed E-state index contributed by atoms with van der Waals surface area (Å²) in [5, 5.41) is 0.899. The first kappa shape index (κ1) is 11.1. The lowest BCUT2D eigenvalue weighted by Crippen LogP contribution is -2.11. The van der Waals surface area contributed by atoms with Crippen LogP contribution in [-0.2, 0) is 0 Å². The molecule has 2 rings (SSSR count). The fourth-order valence-corrected chi connectivity index (χ4v) is 1.83. The Hall–Kier alpha value is -1.35. The maximum absolute atomic E-state index is 13.0. The van der Waals surface area contributed by atoms with E-state index in [1.165, 1.54) is 12.1 Å². The highest BCUT2D eigenvalue weighted by Gasteiger charge is 2.13. The number of benzene rings is 1. The van der Waals surface area contributed by atoms with Crippen LogP contribution in [0.4, 0.5) is 4.39 Å². The highest BCUT2D eigenvalue weighted by Crippen LogP contribution is 2.26. The molecular weight excluding hydrogens is 205 g/mol. The summed E-state index contributed by atoms with van der Waals surface area (Å²) in [6.45, 7) is 4.23. The smallest absolute Gasteiger partial charge is 0.137 e. The van der Waals surface area contributed by atoms with Gasteiger partial charge in [0.1, 0.15) is 17.2 Å². The second-order valence-electron chi connectivity index (χ2n) is 4.57. The summed E-state index contributed by atoms with van der Waals surface area (Å²) in [6.07, 6.45) is 0.863. The zero-order valence-electron chi connectivity index (χ0n) is 9.53. The van der Waals surface area contributed by atoms with Crippen LogP contribution in [0.1, 0.15) is 32.1 Å². The van der Waals surface area contributed by atoms with E-state index >= 15 is 0 Å². The summed E-state index contributed by atoms with van der Waals surface area (Å²) in [7, 11) is 0. The van der Waals surface area contributed by atoms with Crippen LogP contribution in [0.15, 0.2) is 28.7 Å². The Balaban J connectivity index is 2.32. The molecule has 0 aliphatic rings. The van der Waals surface area contributed by atoms with E-state index in [2.05, 4.69) is 13.8 Å². The summed E-state index contributed by atoms with van der Waals surface area (Å²) in [5.74, 6) is 0.958. The number of fused-ring (bicyclic) bond motifs is 1. The highest BCUT2D eigenvalue weighted by molar-refractivity contribution is 5.77. The lowest BCUT2D eigenvalue weighted by atomic mass is 10.0. The van der Waals surface area contributed by atoms with Crippen LogP contribution in [0.2, 0.25) is 0 Å². The lowest BCUT2D eigenvalue weighted by Gasteiger charge is -2.10. The molecule has 0 amide bonds. The normalized spacial score (nSPS) is 13.6. The number of rotatable bonds is 3. The van der Waals surface area contributed by atoms with E-state index in [-0.39, 0.29) is 11.9 Å². The standard InChI is InChI=1S/C13H16FNO/c1-8(2)5-11(15)13-6-9-3-4-10(14)7-12(9)16-13/h3-4,6-8,11H,5,15H2,1-2H3/t11-/m1/s1. The van der Waals surface area contributed by atoms with E-state index in [4.69, 9.17) is 10.2 Å². The van der Waals surface area contributed by atoms with Crippen LogP contribution >= 0.6 is 0 Å². The summed E-state index contributed by atoms with van der Waals surface area (Å²) < 4.78 is 18.5. The predicted octanol–water partition coefficient (Wildman–Crippen LogP) is 3.62. The minimum Gasteiger partial charge on any atom is -0.459 e. The SMILES string of the molecule is CC(C)C[C@@H](N)c1cc2ccc(F)cc2o1. The Kier molecular flexibility index (Phi) is 2.97. The van der Waals surface area contributed by atoms with Gasteiger partial charge in [-0.15, -0.1) is 0 Å². The summed E-state index contributed by atoms with van der Waals surface area (Å²) >= 11 is 0. The lowest BCUT2D eigenvalue weighted by molar-refractivity contribution is 0.431. The molecule has 1 atom stereocenters. The molecule has 0 saturated heterocycles. The molecule has 1 aromatic heterocycles. The van der Waals surface area contributed by atoms with Crippen molar-refractivity contribution in [3.8, 4) is 0 Å². The molecule has 3 heteroatoms. The third-order valence-electron chi connectivity index (χ3n) is 2.59. The largest absolute Gasteiger partial charge is 0.459 e. The van der Waals surface area contributed by atoms with Crippen molar-refractivity contribution in [1.82, 2.24) is 0 Å². The molecule has 86 valence electrons. The van der Waals surface area contributed by atoms with Gasteiger partial charge in [0.05, 0.1) is 6.04 Å². The third-order valence-corrected chi connectivity index (χ3v) is 2.59. The van der Waals surface area contributed by atoms with Crippen molar-refractivity contribution in [3.05, 3.63) is 35.8 Å². The maximum Gasteiger partial charge on any atom is 0.137 e. The maximum atomic E-state index is 13.0. The highest BCUT2D eigenvalue weighted by atomic mass is 19.1. The molecule has 1 aromatic carbocycles. The topological polar surface area (TPSA) is 39.2 Å². The van der Waals surface area contributed by atoms with Crippen LogP contribution in [0.5, 0.6) is 0 Å². The number of nitrogens with two attached hydrogens (primary N) is 1. The van der Waals surface area contributed by atoms with E-state index in [0.29, 0.717) is 11.5 Å². The molecule has 0 saturated carbocycles. The van der Waals surface area contributed by atoms with E-state index in [0.717, 1.165) is 17.6 Å². The zero-order valence-corrected chi connectivity index (χ0v) is 9.53. The fraction of sp³-hybridized carbons (Fsp3) is 0.385. The van der Waals surface area contributed by atoms with Gasteiger partial charge in [-0.1, -0.05) is 13.8 Å². The first-order chi connectivity index (χ1) is 7.56. The van der Waals surface area contributed by atoms with Crippen molar-refractivity contribution < 1.29 is 8.81 Å². The van der Waals surface area contributed by atoms with E-state index in [9.17, 15) is 4.39 Å². The average molecular weight is 221 g/mol. The molecule has 0 bridgehead atoms. The van der Waals surface area contributed by atoms with Gasteiger partial charge in [0.2, 0.25) is 0 Å². The van der Waals surface area contributed by atoms with Gasteiger partial charge in [-0.05, 0) is 30.5 Å². The van der Waals surface area contributed by atoms with Crippen molar-refractivity contribution >= 4 is 11.0 Å². The quantitative estimate of drug-likeness (QED) is 0.859. The van der Waals surface area contributed by atoms with Crippen LogP contribution in [-0.4, -0.2) is 0 Å². The molecular formula is C13H16FNO. The number of hydrogen-bond donors (Lipinski definition) is 1.